The van der Waals surface area contributed by atoms with Gasteiger partial charge >= 0.3 is 0 Å². The summed E-state index contributed by atoms with van der Waals surface area (Å²) in [6.07, 6.45) is 2.82. The zero-order valence-corrected chi connectivity index (χ0v) is 13.9. The van der Waals surface area contributed by atoms with Crippen molar-refractivity contribution in [2.75, 3.05) is 7.05 Å². The number of pyridine rings is 1. The number of hydrogen-bond donors (Lipinski definition) is 0. The first-order valence-electron chi connectivity index (χ1n) is 6.16. The highest BCUT2D eigenvalue weighted by Gasteiger charge is 2.26. The van der Waals surface area contributed by atoms with Gasteiger partial charge < -0.3 is 0 Å². The van der Waals surface area contributed by atoms with Crippen LogP contribution in [0.1, 0.15) is 18.5 Å². The Kier molecular flexibility index (Phi) is 4.75. The van der Waals surface area contributed by atoms with E-state index in [4.69, 9.17) is 0 Å². The minimum Gasteiger partial charge on any atom is -0.262 e. The van der Waals surface area contributed by atoms with Crippen LogP contribution in [0.2, 0.25) is 0 Å². The summed E-state index contributed by atoms with van der Waals surface area (Å²) in [6, 6.07) is 6.85. The summed E-state index contributed by atoms with van der Waals surface area (Å²) < 4.78 is 39.9. The topological polar surface area (TPSA) is 50.3 Å². The molecular formula is C14H14BrFN2O2S. The molecule has 0 amide bonds. The van der Waals surface area contributed by atoms with Crippen LogP contribution in [0.25, 0.3) is 0 Å². The molecule has 0 N–H and O–H groups in total. The average Bonchev–Trinajstić information content (AvgIpc) is 2.46. The van der Waals surface area contributed by atoms with Crippen molar-refractivity contribution in [1.82, 2.24) is 9.29 Å². The maximum atomic E-state index is 12.9. The lowest BCUT2D eigenvalue weighted by molar-refractivity contribution is 0.398. The number of halogens is 2. The molecule has 0 aliphatic heterocycles. The van der Waals surface area contributed by atoms with E-state index in [-0.39, 0.29) is 10.7 Å². The highest BCUT2D eigenvalue weighted by molar-refractivity contribution is 9.10. The summed E-state index contributed by atoms with van der Waals surface area (Å²) in [5, 5.41) is 0. The molecule has 1 aromatic carbocycles. The Labute approximate surface area is 131 Å². The molecule has 1 aromatic heterocycles. The molecule has 1 heterocycles. The molecule has 1 unspecified atom stereocenters. The van der Waals surface area contributed by atoms with Crippen molar-refractivity contribution in [3.05, 3.63) is 58.6 Å². The van der Waals surface area contributed by atoms with E-state index in [9.17, 15) is 12.8 Å². The van der Waals surface area contributed by atoms with E-state index in [1.165, 1.54) is 41.9 Å². The van der Waals surface area contributed by atoms with Crippen molar-refractivity contribution in [3.63, 3.8) is 0 Å². The van der Waals surface area contributed by atoms with Gasteiger partial charge in [0.1, 0.15) is 10.7 Å². The summed E-state index contributed by atoms with van der Waals surface area (Å²) in [7, 11) is -2.18. The number of hydrogen-bond acceptors (Lipinski definition) is 3. The van der Waals surface area contributed by atoms with Gasteiger partial charge in [-0.05, 0) is 46.6 Å². The van der Waals surface area contributed by atoms with E-state index in [1.54, 1.807) is 19.1 Å². The standard InChI is InChI=1S/C14H14BrFN2O2S/c1-10(11-3-5-13(16)6-4-11)18(2)21(19,20)14-7-12(15)8-17-9-14/h3-10H,1-2H3. The van der Waals surface area contributed by atoms with Crippen molar-refractivity contribution >= 4 is 26.0 Å². The quantitative estimate of drug-likeness (QED) is 0.826. The number of rotatable bonds is 4. The van der Waals surface area contributed by atoms with Crippen molar-refractivity contribution < 1.29 is 12.8 Å². The molecule has 0 spiro atoms. The summed E-state index contributed by atoms with van der Waals surface area (Å²) in [5.41, 5.74) is 0.713. The number of sulfonamides is 1. The third-order valence-electron chi connectivity index (χ3n) is 3.25. The van der Waals surface area contributed by atoms with Gasteiger partial charge in [0, 0.05) is 30.0 Å². The van der Waals surface area contributed by atoms with Gasteiger partial charge in [0.25, 0.3) is 0 Å². The second-order valence-electron chi connectivity index (χ2n) is 4.59. The first-order valence-corrected chi connectivity index (χ1v) is 8.39. The molecule has 0 aliphatic carbocycles. The average molecular weight is 373 g/mol. The molecule has 1 atom stereocenters. The zero-order chi connectivity index (χ0) is 15.6. The minimum atomic E-state index is -3.67. The Morgan fingerprint density at radius 2 is 1.86 bits per heavy atom. The second-order valence-corrected chi connectivity index (χ2v) is 7.50. The Bertz CT molecular complexity index is 735. The minimum absolute atomic E-state index is 0.105. The lowest BCUT2D eigenvalue weighted by atomic mass is 10.1. The normalized spacial score (nSPS) is 13.4. The molecule has 7 heteroatoms. The summed E-state index contributed by atoms with van der Waals surface area (Å²) in [5.74, 6) is -0.354. The van der Waals surface area contributed by atoms with Crippen molar-refractivity contribution in [2.45, 2.75) is 17.9 Å². The Balaban J connectivity index is 2.33. The molecule has 2 aromatic rings. The van der Waals surface area contributed by atoms with Crippen LogP contribution >= 0.6 is 15.9 Å². The van der Waals surface area contributed by atoms with Crippen LogP contribution in [0, 0.1) is 5.82 Å². The highest BCUT2D eigenvalue weighted by Crippen LogP contribution is 2.26. The van der Waals surface area contributed by atoms with Gasteiger partial charge in [-0.2, -0.15) is 4.31 Å². The summed E-state index contributed by atoms with van der Waals surface area (Å²) in [4.78, 5) is 3.98. The van der Waals surface area contributed by atoms with Crippen LogP contribution in [0.5, 0.6) is 0 Å². The zero-order valence-electron chi connectivity index (χ0n) is 11.5. The van der Waals surface area contributed by atoms with Gasteiger partial charge in [-0.15, -0.1) is 0 Å². The number of aromatic nitrogens is 1. The van der Waals surface area contributed by atoms with Gasteiger partial charge in [0.05, 0.1) is 0 Å². The number of nitrogens with zero attached hydrogens (tertiary/aromatic N) is 2. The van der Waals surface area contributed by atoms with Crippen LogP contribution in [0.3, 0.4) is 0 Å². The molecule has 0 bridgehead atoms. The van der Waals surface area contributed by atoms with Gasteiger partial charge in [-0.3, -0.25) is 4.98 Å². The first-order chi connectivity index (χ1) is 9.82. The maximum absolute atomic E-state index is 12.9. The predicted octanol–water partition coefficient (Wildman–Crippen LogP) is 3.36. The monoisotopic (exact) mass is 372 g/mol. The SMILES string of the molecule is CC(c1ccc(F)cc1)N(C)S(=O)(=O)c1cncc(Br)c1. The van der Waals surface area contributed by atoms with Crippen LogP contribution in [-0.4, -0.2) is 24.8 Å². The van der Waals surface area contributed by atoms with E-state index < -0.39 is 16.1 Å². The third-order valence-corrected chi connectivity index (χ3v) is 5.58. The molecule has 112 valence electrons. The Morgan fingerprint density at radius 3 is 2.43 bits per heavy atom. The van der Waals surface area contributed by atoms with Gasteiger partial charge in [-0.1, -0.05) is 12.1 Å². The summed E-state index contributed by atoms with van der Waals surface area (Å²) >= 11 is 3.21. The second kappa shape index (κ2) is 6.21. The van der Waals surface area contributed by atoms with E-state index in [0.29, 0.717) is 10.0 Å². The van der Waals surface area contributed by atoms with Gasteiger partial charge in [0.15, 0.2) is 0 Å². The molecule has 2 rings (SSSR count). The molecule has 4 nitrogen and oxygen atoms in total. The van der Waals surface area contributed by atoms with Crippen LogP contribution in [0.4, 0.5) is 4.39 Å². The molecule has 0 radical (unpaired) electrons. The van der Waals surface area contributed by atoms with E-state index in [1.807, 2.05) is 0 Å². The van der Waals surface area contributed by atoms with Crippen LogP contribution < -0.4 is 0 Å². The highest BCUT2D eigenvalue weighted by atomic mass is 79.9. The van der Waals surface area contributed by atoms with Crippen LogP contribution in [-0.2, 0) is 10.0 Å². The summed E-state index contributed by atoms with van der Waals surface area (Å²) in [6.45, 7) is 1.75. The fourth-order valence-corrected chi connectivity index (χ4v) is 3.72. The molecule has 0 saturated heterocycles. The largest absolute Gasteiger partial charge is 0.262 e. The Morgan fingerprint density at radius 1 is 1.24 bits per heavy atom. The predicted molar refractivity (Wildman–Crippen MR) is 81.7 cm³/mol. The lowest BCUT2D eigenvalue weighted by Gasteiger charge is -2.24. The Hall–Kier alpha value is -1.31. The lowest BCUT2D eigenvalue weighted by Crippen LogP contribution is -2.29. The molecule has 0 saturated carbocycles. The maximum Gasteiger partial charge on any atom is 0.244 e. The third kappa shape index (κ3) is 3.48. The fraction of sp³-hybridized carbons (Fsp3) is 0.214. The van der Waals surface area contributed by atoms with Crippen LogP contribution in [0.15, 0.2) is 52.1 Å². The fourth-order valence-electron chi connectivity index (χ4n) is 1.86. The van der Waals surface area contributed by atoms with Crippen molar-refractivity contribution in [3.8, 4) is 0 Å². The first kappa shape index (κ1) is 16.1. The molecule has 21 heavy (non-hydrogen) atoms. The molecular weight excluding hydrogens is 359 g/mol. The van der Waals surface area contributed by atoms with Crippen molar-refractivity contribution in [2.24, 2.45) is 0 Å². The smallest absolute Gasteiger partial charge is 0.244 e. The van der Waals surface area contributed by atoms with Gasteiger partial charge in [-0.25, -0.2) is 12.8 Å². The van der Waals surface area contributed by atoms with Gasteiger partial charge in [0.2, 0.25) is 10.0 Å². The number of benzene rings is 1. The van der Waals surface area contributed by atoms with E-state index in [2.05, 4.69) is 20.9 Å². The molecule has 0 aliphatic rings. The van der Waals surface area contributed by atoms with Crippen molar-refractivity contribution in [1.29, 1.82) is 0 Å². The van der Waals surface area contributed by atoms with E-state index >= 15 is 0 Å². The van der Waals surface area contributed by atoms with E-state index in [0.717, 1.165) is 0 Å². The molecule has 0 fully saturated rings.